The molecule has 3 aromatic heterocycles. The number of aryl methyl sites for hydroxylation is 1. The number of benzene rings is 1. The lowest BCUT2D eigenvalue weighted by Gasteiger charge is -1.99. The van der Waals surface area contributed by atoms with E-state index in [0.717, 1.165) is 5.56 Å². The SMILES string of the molecule is Cc1nsc(/N=N/c2c(-c3ccccc3)nn(-c3ncccn3)c2N)n1. The van der Waals surface area contributed by atoms with Crippen LogP contribution in [0.25, 0.3) is 17.2 Å². The molecule has 1 aromatic carbocycles. The number of hydrogen-bond acceptors (Lipinski definition) is 9. The fourth-order valence-corrected chi connectivity index (χ4v) is 2.79. The summed E-state index contributed by atoms with van der Waals surface area (Å²) < 4.78 is 5.54. The first-order valence-electron chi connectivity index (χ1n) is 7.66. The maximum Gasteiger partial charge on any atom is 0.252 e. The quantitative estimate of drug-likeness (QED) is 0.554. The highest BCUT2D eigenvalue weighted by atomic mass is 32.1. The Morgan fingerprint density at radius 2 is 1.81 bits per heavy atom. The average molecular weight is 363 g/mol. The first kappa shape index (κ1) is 16.0. The molecule has 3 heterocycles. The summed E-state index contributed by atoms with van der Waals surface area (Å²) in [5.74, 6) is 1.30. The van der Waals surface area contributed by atoms with Crippen molar-refractivity contribution < 1.29 is 0 Å². The zero-order valence-corrected chi connectivity index (χ0v) is 14.5. The molecule has 0 saturated carbocycles. The first-order chi connectivity index (χ1) is 12.7. The van der Waals surface area contributed by atoms with Crippen molar-refractivity contribution in [2.45, 2.75) is 6.92 Å². The standard InChI is InChI=1S/C16H13N9S/c1-10-20-16(26-24-10)22-21-13-12(11-6-3-2-4-7-11)23-25(14(13)17)15-18-8-5-9-19-15/h2-9H,17H2,1H3/b22-21+. The highest BCUT2D eigenvalue weighted by molar-refractivity contribution is 7.09. The van der Waals surface area contributed by atoms with Gasteiger partial charge in [-0.05, 0) is 13.0 Å². The number of nitrogens with two attached hydrogens (primary N) is 1. The Kier molecular flexibility index (Phi) is 4.15. The fourth-order valence-electron chi connectivity index (χ4n) is 2.28. The third kappa shape index (κ3) is 3.05. The monoisotopic (exact) mass is 363 g/mol. The minimum Gasteiger partial charge on any atom is -0.382 e. The molecule has 0 unspecified atom stereocenters. The smallest absolute Gasteiger partial charge is 0.252 e. The van der Waals surface area contributed by atoms with Crippen molar-refractivity contribution in [2.24, 2.45) is 10.2 Å². The number of azo groups is 1. The van der Waals surface area contributed by atoms with Gasteiger partial charge in [-0.15, -0.1) is 10.2 Å². The first-order valence-corrected chi connectivity index (χ1v) is 8.43. The highest BCUT2D eigenvalue weighted by Gasteiger charge is 2.19. The molecule has 4 rings (SSSR count). The molecule has 10 heteroatoms. The van der Waals surface area contributed by atoms with Crippen LogP contribution in [-0.4, -0.2) is 29.1 Å². The minimum atomic E-state index is 0.292. The third-order valence-corrected chi connectivity index (χ3v) is 4.13. The van der Waals surface area contributed by atoms with E-state index in [1.165, 1.54) is 16.2 Å². The van der Waals surface area contributed by atoms with Crippen LogP contribution in [0.1, 0.15) is 5.82 Å². The fraction of sp³-hybridized carbons (Fsp3) is 0.0625. The predicted molar refractivity (Wildman–Crippen MR) is 97.8 cm³/mol. The molecule has 0 bridgehead atoms. The normalized spacial score (nSPS) is 11.3. The van der Waals surface area contributed by atoms with Gasteiger partial charge in [0.2, 0.25) is 5.13 Å². The molecule has 0 fully saturated rings. The van der Waals surface area contributed by atoms with E-state index in [1.54, 1.807) is 25.4 Å². The van der Waals surface area contributed by atoms with Gasteiger partial charge in [0.1, 0.15) is 11.5 Å². The van der Waals surface area contributed by atoms with Crippen molar-refractivity contribution in [3.63, 3.8) is 0 Å². The Labute approximate surface area is 152 Å². The number of rotatable bonds is 4. The summed E-state index contributed by atoms with van der Waals surface area (Å²) in [7, 11) is 0. The topological polar surface area (TPSA) is 120 Å². The Morgan fingerprint density at radius 1 is 1.04 bits per heavy atom. The molecule has 4 aromatic rings. The highest BCUT2D eigenvalue weighted by Crippen LogP contribution is 2.36. The molecule has 0 saturated heterocycles. The molecule has 128 valence electrons. The average Bonchev–Trinajstić information content (AvgIpc) is 3.24. The van der Waals surface area contributed by atoms with Gasteiger partial charge in [-0.25, -0.2) is 15.0 Å². The summed E-state index contributed by atoms with van der Waals surface area (Å²) in [4.78, 5) is 12.6. The molecule has 0 radical (unpaired) electrons. The van der Waals surface area contributed by atoms with E-state index >= 15 is 0 Å². The van der Waals surface area contributed by atoms with E-state index in [1.807, 2.05) is 30.3 Å². The van der Waals surface area contributed by atoms with E-state index in [9.17, 15) is 0 Å². The Balaban J connectivity index is 1.85. The van der Waals surface area contributed by atoms with Crippen LogP contribution in [0.5, 0.6) is 0 Å². The van der Waals surface area contributed by atoms with Crippen LogP contribution in [0, 0.1) is 6.92 Å². The van der Waals surface area contributed by atoms with Crippen molar-refractivity contribution in [3.8, 4) is 17.2 Å². The Morgan fingerprint density at radius 3 is 2.50 bits per heavy atom. The number of aromatic nitrogens is 6. The van der Waals surface area contributed by atoms with E-state index in [-0.39, 0.29) is 0 Å². The molecule has 0 aliphatic heterocycles. The molecule has 0 spiro atoms. The molecule has 0 aliphatic carbocycles. The second-order valence-corrected chi connectivity index (χ2v) is 5.96. The number of hydrogen-bond donors (Lipinski definition) is 1. The van der Waals surface area contributed by atoms with Gasteiger partial charge in [-0.2, -0.15) is 14.2 Å². The van der Waals surface area contributed by atoms with E-state index in [4.69, 9.17) is 5.73 Å². The zero-order valence-electron chi connectivity index (χ0n) is 13.7. The van der Waals surface area contributed by atoms with Gasteiger partial charge in [0.15, 0.2) is 11.5 Å². The minimum absolute atomic E-state index is 0.292. The summed E-state index contributed by atoms with van der Waals surface area (Å²) in [5.41, 5.74) is 8.15. The van der Waals surface area contributed by atoms with E-state index in [2.05, 4.69) is 34.7 Å². The van der Waals surface area contributed by atoms with Gasteiger partial charge in [0.05, 0.1) is 0 Å². The van der Waals surface area contributed by atoms with Crippen LogP contribution in [0.3, 0.4) is 0 Å². The number of nitrogen functional groups attached to an aromatic ring is 1. The Bertz CT molecular complexity index is 1050. The lowest BCUT2D eigenvalue weighted by Crippen LogP contribution is -2.05. The molecule has 0 amide bonds. The number of anilines is 1. The molecule has 9 nitrogen and oxygen atoms in total. The van der Waals surface area contributed by atoms with Crippen molar-refractivity contribution >= 4 is 28.2 Å². The lowest BCUT2D eigenvalue weighted by molar-refractivity contribution is 0.820. The lowest BCUT2D eigenvalue weighted by atomic mass is 10.1. The molecule has 0 atom stereocenters. The molecule has 26 heavy (non-hydrogen) atoms. The summed E-state index contributed by atoms with van der Waals surface area (Å²) in [6.07, 6.45) is 3.24. The van der Waals surface area contributed by atoms with E-state index < -0.39 is 0 Å². The maximum absolute atomic E-state index is 6.28. The summed E-state index contributed by atoms with van der Waals surface area (Å²) in [6, 6.07) is 11.3. The van der Waals surface area contributed by atoms with Gasteiger partial charge in [0, 0.05) is 29.5 Å². The van der Waals surface area contributed by atoms with Crippen molar-refractivity contribution in [1.29, 1.82) is 0 Å². The van der Waals surface area contributed by atoms with Crippen LogP contribution in [0.4, 0.5) is 16.6 Å². The van der Waals surface area contributed by atoms with Crippen LogP contribution in [0.2, 0.25) is 0 Å². The van der Waals surface area contributed by atoms with Crippen LogP contribution in [-0.2, 0) is 0 Å². The molecular formula is C16H13N9S. The maximum atomic E-state index is 6.28. The van der Waals surface area contributed by atoms with Crippen molar-refractivity contribution in [1.82, 2.24) is 29.1 Å². The molecular weight excluding hydrogens is 350 g/mol. The summed E-state index contributed by atoms with van der Waals surface area (Å²) in [6.45, 7) is 1.80. The number of nitrogens with zero attached hydrogens (tertiary/aromatic N) is 8. The summed E-state index contributed by atoms with van der Waals surface area (Å²) in [5, 5.41) is 13.4. The van der Waals surface area contributed by atoms with Crippen LogP contribution >= 0.6 is 11.5 Å². The van der Waals surface area contributed by atoms with Gasteiger partial charge in [0.25, 0.3) is 5.95 Å². The van der Waals surface area contributed by atoms with E-state index in [0.29, 0.717) is 34.1 Å². The van der Waals surface area contributed by atoms with Gasteiger partial charge < -0.3 is 5.73 Å². The van der Waals surface area contributed by atoms with Crippen molar-refractivity contribution in [2.75, 3.05) is 5.73 Å². The summed E-state index contributed by atoms with van der Waals surface area (Å²) >= 11 is 1.17. The van der Waals surface area contributed by atoms with Crippen LogP contribution < -0.4 is 5.73 Å². The largest absolute Gasteiger partial charge is 0.382 e. The van der Waals surface area contributed by atoms with Gasteiger partial charge >= 0.3 is 0 Å². The zero-order chi connectivity index (χ0) is 17.9. The predicted octanol–water partition coefficient (Wildman–Crippen LogP) is 3.49. The third-order valence-electron chi connectivity index (χ3n) is 3.44. The van der Waals surface area contributed by atoms with Gasteiger partial charge in [-0.3, -0.25) is 0 Å². The van der Waals surface area contributed by atoms with Crippen LogP contribution in [0.15, 0.2) is 59.0 Å². The molecule has 0 aliphatic rings. The Hall–Kier alpha value is -3.53. The molecule has 2 N–H and O–H groups in total. The van der Waals surface area contributed by atoms with Crippen molar-refractivity contribution in [3.05, 3.63) is 54.6 Å². The van der Waals surface area contributed by atoms with Gasteiger partial charge in [-0.1, -0.05) is 30.3 Å². The second-order valence-electron chi connectivity index (χ2n) is 5.23. The second kappa shape index (κ2) is 6.76.